The lowest BCUT2D eigenvalue weighted by atomic mass is 9.77. The Morgan fingerprint density at radius 3 is 2.50 bits per heavy atom. The molecule has 1 rings (SSSR count). The van der Waals surface area contributed by atoms with E-state index in [0.29, 0.717) is 11.8 Å². The molecule has 0 aromatic carbocycles. The van der Waals surface area contributed by atoms with Crippen LogP contribution >= 0.6 is 22.6 Å². The van der Waals surface area contributed by atoms with Crippen LogP contribution in [0.25, 0.3) is 0 Å². The molecule has 0 aliphatic heterocycles. The number of halogens is 1. The molecule has 1 aliphatic carbocycles. The van der Waals surface area contributed by atoms with Crippen molar-refractivity contribution in [1.29, 1.82) is 0 Å². The quantitative estimate of drug-likeness (QED) is 0.448. The molecule has 0 aromatic heterocycles. The van der Waals surface area contributed by atoms with Gasteiger partial charge in [0.15, 0.2) is 0 Å². The Morgan fingerprint density at radius 2 is 2.00 bits per heavy atom. The van der Waals surface area contributed by atoms with Crippen molar-refractivity contribution in [3.63, 3.8) is 0 Å². The third-order valence-corrected chi connectivity index (χ3v) is 4.20. The number of alkyl halides is 1. The average Bonchev–Trinajstić information content (AvgIpc) is 2.67. The summed E-state index contributed by atoms with van der Waals surface area (Å²) in [6, 6.07) is 0. The minimum atomic E-state index is -0.0283. The second-order valence-electron chi connectivity index (χ2n) is 5.38. The van der Waals surface area contributed by atoms with Crippen molar-refractivity contribution in [2.75, 3.05) is 11.0 Å². The molecule has 16 heavy (non-hydrogen) atoms. The summed E-state index contributed by atoms with van der Waals surface area (Å²) in [7, 11) is 0. The Balaban J connectivity index is 2.51. The molecule has 0 atom stereocenters. The topological polar surface area (TPSA) is 29.1 Å². The lowest BCUT2D eigenvalue weighted by Crippen LogP contribution is -2.40. The first-order valence-corrected chi connectivity index (χ1v) is 7.97. The minimum absolute atomic E-state index is 0.0283. The molecule has 0 radical (unpaired) electrons. The Morgan fingerprint density at radius 1 is 1.38 bits per heavy atom. The summed E-state index contributed by atoms with van der Waals surface area (Å²) in [5, 5.41) is 3.13. The van der Waals surface area contributed by atoms with Crippen LogP contribution in [-0.2, 0) is 4.79 Å². The van der Waals surface area contributed by atoms with Gasteiger partial charge in [0.2, 0.25) is 5.91 Å². The van der Waals surface area contributed by atoms with Gasteiger partial charge in [-0.1, -0.05) is 49.3 Å². The zero-order valence-electron chi connectivity index (χ0n) is 10.5. The Hall–Kier alpha value is 0.200. The smallest absolute Gasteiger partial charge is 0.226 e. The van der Waals surface area contributed by atoms with E-state index in [1.807, 2.05) is 0 Å². The number of rotatable bonds is 6. The van der Waals surface area contributed by atoms with E-state index < -0.39 is 0 Å². The Kier molecular flexibility index (Phi) is 6.08. The number of amides is 1. The summed E-state index contributed by atoms with van der Waals surface area (Å²) in [4.78, 5) is 12.3. The number of carbonyl (C=O) groups excluding carboxylic acids is 1. The molecule has 94 valence electrons. The average molecular weight is 337 g/mol. The van der Waals surface area contributed by atoms with Gasteiger partial charge in [-0.3, -0.25) is 4.79 Å². The Bertz CT molecular complexity index is 222. The fraction of sp³-hybridized carbons (Fsp3) is 0.923. The van der Waals surface area contributed by atoms with Crippen LogP contribution in [0.3, 0.4) is 0 Å². The highest BCUT2D eigenvalue weighted by Crippen LogP contribution is 2.43. The number of hydrogen-bond acceptors (Lipinski definition) is 1. The molecule has 2 nitrogen and oxygen atoms in total. The molecule has 0 bridgehead atoms. The zero-order valence-corrected chi connectivity index (χ0v) is 12.7. The monoisotopic (exact) mass is 337 g/mol. The summed E-state index contributed by atoms with van der Waals surface area (Å²) in [5.41, 5.74) is -0.0283. The molecule has 1 saturated carbocycles. The van der Waals surface area contributed by atoms with E-state index in [4.69, 9.17) is 0 Å². The van der Waals surface area contributed by atoms with Crippen LogP contribution in [0.15, 0.2) is 0 Å². The van der Waals surface area contributed by atoms with Crippen LogP contribution in [-0.4, -0.2) is 16.9 Å². The minimum Gasteiger partial charge on any atom is -0.356 e. The van der Waals surface area contributed by atoms with Gasteiger partial charge >= 0.3 is 0 Å². The first-order valence-electron chi connectivity index (χ1n) is 6.45. The van der Waals surface area contributed by atoms with Crippen LogP contribution in [0, 0.1) is 11.3 Å². The highest BCUT2D eigenvalue weighted by Gasteiger charge is 2.40. The highest BCUT2D eigenvalue weighted by molar-refractivity contribution is 14.1. The van der Waals surface area contributed by atoms with Crippen molar-refractivity contribution in [3.8, 4) is 0 Å². The van der Waals surface area contributed by atoms with Crippen molar-refractivity contribution >= 4 is 28.5 Å². The highest BCUT2D eigenvalue weighted by atomic mass is 127. The van der Waals surface area contributed by atoms with Crippen molar-refractivity contribution < 1.29 is 4.79 Å². The molecular formula is C13H24INO. The van der Waals surface area contributed by atoms with Crippen LogP contribution in [0.2, 0.25) is 0 Å². The SMILES string of the molecule is CC(C)CC1(C(=O)NCCCI)CCCC1. The molecule has 0 aromatic rings. The van der Waals surface area contributed by atoms with Crippen molar-refractivity contribution in [2.45, 2.75) is 52.4 Å². The molecule has 0 unspecified atom stereocenters. The van der Waals surface area contributed by atoms with Gasteiger partial charge in [0.25, 0.3) is 0 Å². The van der Waals surface area contributed by atoms with E-state index in [0.717, 1.165) is 36.7 Å². The van der Waals surface area contributed by atoms with Gasteiger partial charge in [-0.15, -0.1) is 0 Å². The third kappa shape index (κ3) is 3.90. The predicted molar refractivity (Wildman–Crippen MR) is 76.9 cm³/mol. The molecule has 1 N–H and O–H groups in total. The van der Waals surface area contributed by atoms with Gasteiger partial charge in [-0.05, 0) is 31.6 Å². The maximum atomic E-state index is 12.3. The standard InChI is InChI=1S/C13H24INO/c1-11(2)10-13(6-3-4-7-13)12(16)15-9-5-8-14/h11H,3-10H2,1-2H3,(H,15,16). The molecule has 1 aliphatic rings. The van der Waals surface area contributed by atoms with E-state index >= 15 is 0 Å². The lowest BCUT2D eigenvalue weighted by Gasteiger charge is -2.29. The number of carbonyl (C=O) groups is 1. The number of nitrogens with one attached hydrogen (secondary N) is 1. The van der Waals surface area contributed by atoms with Crippen molar-refractivity contribution in [1.82, 2.24) is 5.32 Å². The fourth-order valence-corrected chi connectivity index (χ4v) is 3.19. The van der Waals surface area contributed by atoms with E-state index in [1.165, 1.54) is 12.8 Å². The summed E-state index contributed by atoms with van der Waals surface area (Å²) >= 11 is 2.35. The van der Waals surface area contributed by atoms with E-state index in [9.17, 15) is 4.79 Å². The van der Waals surface area contributed by atoms with Gasteiger partial charge in [0, 0.05) is 16.4 Å². The zero-order chi connectivity index (χ0) is 12.0. The molecule has 0 heterocycles. The van der Waals surface area contributed by atoms with Crippen LogP contribution in [0.1, 0.15) is 52.4 Å². The molecular weight excluding hydrogens is 313 g/mol. The maximum absolute atomic E-state index is 12.3. The van der Waals surface area contributed by atoms with Crippen molar-refractivity contribution in [2.24, 2.45) is 11.3 Å². The maximum Gasteiger partial charge on any atom is 0.226 e. The molecule has 0 spiro atoms. The molecule has 1 amide bonds. The first kappa shape index (κ1) is 14.3. The van der Waals surface area contributed by atoms with Gasteiger partial charge in [0.05, 0.1) is 0 Å². The van der Waals surface area contributed by atoms with Gasteiger partial charge in [-0.25, -0.2) is 0 Å². The van der Waals surface area contributed by atoms with Gasteiger partial charge in [0.1, 0.15) is 0 Å². The van der Waals surface area contributed by atoms with Gasteiger partial charge in [-0.2, -0.15) is 0 Å². The van der Waals surface area contributed by atoms with E-state index in [2.05, 4.69) is 41.8 Å². The van der Waals surface area contributed by atoms with Gasteiger partial charge < -0.3 is 5.32 Å². The van der Waals surface area contributed by atoms with Crippen LogP contribution in [0.4, 0.5) is 0 Å². The third-order valence-electron chi connectivity index (χ3n) is 3.44. The summed E-state index contributed by atoms with van der Waals surface area (Å²) in [6.07, 6.45) is 6.80. The fourth-order valence-electron chi connectivity index (χ4n) is 2.81. The van der Waals surface area contributed by atoms with E-state index in [-0.39, 0.29) is 5.41 Å². The van der Waals surface area contributed by atoms with Crippen LogP contribution < -0.4 is 5.32 Å². The Labute approximate surface area is 113 Å². The summed E-state index contributed by atoms with van der Waals surface area (Å²) in [5.74, 6) is 0.942. The predicted octanol–water partition coefficient (Wildman–Crippen LogP) is 3.53. The largest absolute Gasteiger partial charge is 0.356 e. The summed E-state index contributed by atoms with van der Waals surface area (Å²) in [6.45, 7) is 5.29. The normalized spacial score (nSPS) is 19.0. The molecule has 3 heteroatoms. The summed E-state index contributed by atoms with van der Waals surface area (Å²) < 4.78 is 1.12. The lowest BCUT2D eigenvalue weighted by molar-refractivity contribution is -0.131. The van der Waals surface area contributed by atoms with E-state index in [1.54, 1.807) is 0 Å². The first-order chi connectivity index (χ1) is 7.60. The van der Waals surface area contributed by atoms with Crippen molar-refractivity contribution in [3.05, 3.63) is 0 Å². The molecule has 1 fully saturated rings. The molecule has 0 saturated heterocycles. The van der Waals surface area contributed by atoms with Crippen LogP contribution in [0.5, 0.6) is 0 Å². The second kappa shape index (κ2) is 6.82. The number of hydrogen-bond donors (Lipinski definition) is 1. The second-order valence-corrected chi connectivity index (χ2v) is 6.46.